The van der Waals surface area contributed by atoms with Gasteiger partial charge in [0.15, 0.2) is 0 Å². The Morgan fingerprint density at radius 3 is 2.75 bits per heavy atom. The Kier molecular flexibility index (Phi) is 3.23. The normalized spacial score (nSPS) is 12.6. The molecule has 0 fully saturated rings. The summed E-state index contributed by atoms with van der Waals surface area (Å²) in [6, 6.07) is 4.25. The highest BCUT2D eigenvalue weighted by Crippen LogP contribution is 2.24. The highest BCUT2D eigenvalue weighted by Gasteiger charge is 2.07. The quantitative estimate of drug-likeness (QED) is 0.583. The number of carbonyl (C=O) groups excluding carboxylic acids is 1. The van der Waals surface area contributed by atoms with Gasteiger partial charge >= 0.3 is 0 Å². The van der Waals surface area contributed by atoms with Gasteiger partial charge in [-0.3, -0.25) is 0 Å². The third-order valence-electron chi connectivity index (χ3n) is 1.38. The molecule has 0 bridgehead atoms. The lowest BCUT2D eigenvalue weighted by atomic mass is 10.2. The molecule has 0 radical (unpaired) electrons. The van der Waals surface area contributed by atoms with E-state index in [9.17, 15) is 9.18 Å². The van der Waals surface area contributed by atoms with Crippen LogP contribution in [0.5, 0.6) is 0 Å². The molecule has 1 nitrogen and oxygen atoms in total. The standard InChI is InChI=1S/C8H5BrClFO/c9-6(4-12)5-1-2-7(10)8(11)3-5/h1-4,6H/t6-/m1/s1. The topological polar surface area (TPSA) is 17.1 Å². The Hall–Kier alpha value is -0.410. The molecule has 0 saturated heterocycles. The number of hydrogen-bond acceptors (Lipinski definition) is 1. The van der Waals surface area contributed by atoms with E-state index in [-0.39, 0.29) is 5.02 Å². The lowest BCUT2D eigenvalue weighted by Crippen LogP contribution is -1.91. The van der Waals surface area contributed by atoms with E-state index >= 15 is 0 Å². The van der Waals surface area contributed by atoms with Crippen molar-refractivity contribution in [2.45, 2.75) is 4.83 Å². The van der Waals surface area contributed by atoms with Gasteiger partial charge in [-0.25, -0.2) is 4.39 Å². The molecule has 0 aliphatic carbocycles. The number of alkyl halides is 1. The second-order valence-corrected chi connectivity index (χ2v) is 3.61. The van der Waals surface area contributed by atoms with E-state index < -0.39 is 10.6 Å². The van der Waals surface area contributed by atoms with Crippen LogP contribution in [0.1, 0.15) is 10.4 Å². The fraction of sp³-hybridized carbons (Fsp3) is 0.125. The van der Waals surface area contributed by atoms with Gasteiger partial charge in [-0.15, -0.1) is 0 Å². The Morgan fingerprint density at radius 1 is 1.58 bits per heavy atom. The van der Waals surface area contributed by atoms with Crippen LogP contribution in [0.4, 0.5) is 4.39 Å². The maximum atomic E-state index is 12.8. The second kappa shape index (κ2) is 4.01. The number of carbonyl (C=O) groups is 1. The van der Waals surface area contributed by atoms with Gasteiger partial charge in [0.25, 0.3) is 0 Å². The fourth-order valence-electron chi connectivity index (χ4n) is 0.762. The SMILES string of the molecule is O=C[C@@H](Br)c1ccc(Cl)c(F)c1. The molecular weight excluding hydrogens is 246 g/mol. The van der Waals surface area contributed by atoms with Crippen molar-refractivity contribution in [3.8, 4) is 0 Å². The maximum Gasteiger partial charge on any atom is 0.142 e. The third kappa shape index (κ3) is 2.05. The predicted octanol–water partition coefficient (Wildman–Crippen LogP) is 3.11. The highest BCUT2D eigenvalue weighted by atomic mass is 79.9. The van der Waals surface area contributed by atoms with Crippen molar-refractivity contribution < 1.29 is 9.18 Å². The Labute approximate surface area is 82.7 Å². The van der Waals surface area contributed by atoms with Crippen molar-refractivity contribution in [1.29, 1.82) is 0 Å². The van der Waals surface area contributed by atoms with Gasteiger partial charge in [0.1, 0.15) is 12.1 Å². The first-order valence-corrected chi connectivity index (χ1v) is 4.49. The molecule has 1 aromatic rings. The van der Waals surface area contributed by atoms with Crippen molar-refractivity contribution >= 4 is 33.8 Å². The lowest BCUT2D eigenvalue weighted by molar-refractivity contribution is -0.107. The molecule has 1 rings (SSSR count). The van der Waals surface area contributed by atoms with Crippen molar-refractivity contribution in [1.82, 2.24) is 0 Å². The number of aldehydes is 1. The van der Waals surface area contributed by atoms with E-state index in [1.54, 1.807) is 6.07 Å². The molecule has 0 spiro atoms. The van der Waals surface area contributed by atoms with Gasteiger partial charge in [0, 0.05) is 0 Å². The summed E-state index contributed by atoms with van der Waals surface area (Å²) in [4.78, 5) is 9.83. The minimum Gasteiger partial charge on any atom is -0.302 e. The summed E-state index contributed by atoms with van der Waals surface area (Å²) in [5.41, 5.74) is 0.562. The molecule has 0 N–H and O–H groups in total. The van der Waals surface area contributed by atoms with Gasteiger partial charge < -0.3 is 4.79 Å². The van der Waals surface area contributed by atoms with E-state index in [1.807, 2.05) is 0 Å². The van der Waals surface area contributed by atoms with Crippen LogP contribution in [-0.2, 0) is 4.79 Å². The average molecular weight is 251 g/mol. The molecule has 0 unspecified atom stereocenters. The number of halogens is 3. The summed E-state index contributed by atoms with van der Waals surface area (Å²) in [7, 11) is 0. The third-order valence-corrected chi connectivity index (χ3v) is 2.43. The molecule has 0 aliphatic heterocycles. The van der Waals surface area contributed by atoms with Crippen LogP contribution in [0, 0.1) is 5.82 Å². The Balaban J connectivity index is 3.04. The van der Waals surface area contributed by atoms with E-state index in [4.69, 9.17) is 11.6 Å². The van der Waals surface area contributed by atoms with Gasteiger partial charge in [-0.1, -0.05) is 33.6 Å². The van der Waals surface area contributed by atoms with Crippen molar-refractivity contribution in [2.24, 2.45) is 0 Å². The van der Waals surface area contributed by atoms with Crippen LogP contribution in [0.3, 0.4) is 0 Å². The second-order valence-electron chi connectivity index (χ2n) is 2.21. The molecule has 12 heavy (non-hydrogen) atoms. The minimum atomic E-state index is -0.513. The molecule has 0 amide bonds. The van der Waals surface area contributed by atoms with Crippen LogP contribution >= 0.6 is 27.5 Å². The molecule has 1 atom stereocenters. The molecule has 0 aromatic heterocycles. The van der Waals surface area contributed by atoms with Crippen LogP contribution in [-0.4, -0.2) is 6.29 Å². The van der Waals surface area contributed by atoms with Crippen LogP contribution in [0.25, 0.3) is 0 Å². The predicted molar refractivity (Wildman–Crippen MR) is 49.1 cm³/mol. The van der Waals surface area contributed by atoms with Gasteiger partial charge in [0.2, 0.25) is 0 Å². The summed E-state index contributed by atoms with van der Waals surface area (Å²) in [6.45, 7) is 0. The van der Waals surface area contributed by atoms with Crippen LogP contribution in [0.2, 0.25) is 5.02 Å². The van der Waals surface area contributed by atoms with Crippen molar-refractivity contribution in [3.63, 3.8) is 0 Å². The fourth-order valence-corrected chi connectivity index (χ4v) is 1.16. The Bertz CT molecular complexity index is 303. The number of hydrogen-bond donors (Lipinski definition) is 0. The lowest BCUT2D eigenvalue weighted by Gasteiger charge is -2.02. The monoisotopic (exact) mass is 250 g/mol. The zero-order valence-corrected chi connectivity index (χ0v) is 8.27. The summed E-state index contributed by atoms with van der Waals surface area (Å²) >= 11 is 8.52. The summed E-state index contributed by atoms with van der Waals surface area (Å²) < 4.78 is 12.8. The van der Waals surface area contributed by atoms with Crippen molar-refractivity contribution in [2.75, 3.05) is 0 Å². The van der Waals surface area contributed by atoms with Crippen LogP contribution < -0.4 is 0 Å². The smallest absolute Gasteiger partial charge is 0.142 e. The first kappa shape index (κ1) is 9.68. The summed E-state index contributed by atoms with van der Waals surface area (Å²) in [5.74, 6) is -0.513. The first-order valence-electron chi connectivity index (χ1n) is 3.19. The molecule has 4 heteroatoms. The molecule has 0 heterocycles. The van der Waals surface area contributed by atoms with E-state index in [2.05, 4.69) is 15.9 Å². The first-order chi connectivity index (χ1) is 5.65. The number of benzene rings is 1. The summed E-state index contributed by atoms with van der Waals surface area (Å²) in [6.07, 6.45) is 0.683. The van der Waals surface area contributed by atoms with E-state index in [1.165, 1.54) is 12.1 Å². The van der Waals surface area contributed by atoms with E-state index in [0.29, 0.717) is 11.8 Å². The molecule has 64 valence electrons. The molecule has 0 aliphatic rings. The molecule has 0 saturated carbocycles. The Morgan fingerprint density at radius 2 is 2.25 bits per heavy atom. The van der Waals surface area contributed by atoms with Gasteiger partial charge in [-0.05, 0) is 17.7 Å². The van der Waals surface area contributed by atoms with Gasteiger partial charge in [0.05, 0.1) is 9.85 Å². The zero-order valence-electron chi connectivity index (χ0n) is 5.93. The molecular formula is C8H5BrClFO. The largest absolute Gasteiger partial charge is 0.302 e. The average Bonchev–Trinajstić information content (AvgIpc) is 2.08. The zero-order chi connectivity index (χ0) is 9.14. The number of rotatable bonds is 2. The minimum absolute atomic E-state index is 0.0596. The maximum absolute atomic E-state index is 12.8. The molecule has 1 aromatic carbocycles. The van der Waals surface area contributed by atoms with Gasteiger partial charge in [-0.2, -0.15) is 0 Å². The highest BCUT2D eigenvalue weighted by molar-refractivity contribution is 9.09. The van der Waals surface area contributed by atoms with E-state index in [0.717, 1.165) is 0 Å². The van der Waals surface area contributed by atoms with Crippen molar-refractivity contribution in [3.05, 3.63) is 34.6 Å². The van der Waals surface area contributed by atoms with Crippen LogP contribution in [0.15, 0.2) is 18.2 Å². The summed E-state index contributed by atoms with van der Waals surface area (Å²) in [5, 5.41) is 0.0596.